The van der Waals surface area contributed by atoms with Gasteiger partial charge in [0.2, 0.25) is 0 Å². The molecule has 21 heavy (non-hydrogen) atoms. The van der Waals surface area contributed by atoms with E-state index in [9.17, 15) is 5.11 Å². The van der Waals surface area contributed by atoms with Gasteiger partial charge in [0.15, 0.2) is 0 Å². The first-order chi connectivity index (χ1) is 10.1. The van der Waals surface area contributed by atoms with Crippen molar-refractivity contribution >= 4 is 21.6 Å². The predicted molar refractivity (Wildman–Crippen MR) is 88.3 cm³/mol. The highest BCUT2D eigenvalue weighted by molar-refractivity contribution is 9.10. The molecule has 108 valence electrons. The van der Waals surface area contributed by atoms with E-state index in [-0.39, 0.29) is 0 Å². The first-order valence-electron chi connectivity index (χ1n) is 7.02. The summed E-state index contributed by atoms with van der Waals surface area (Å²) < 4.78 is 3.02. The van der Waals surface area contributed by atoms with Gasteiger partial charge in [0, 0.05) is 16.2 Å². The van der Waals surface area contributed by atoms with Crippen LogP contribution in [0, 0.1) is 6.92 Å². The largest absolute Gasteiger partial charge is 0.387 e. The van der Waals surface area contributed by atoms with Crippen LogP contribution < -0.4 is 0 Å². The molecule has 1 unspecified atom stereocenters. The number of aliphatic hydroxyl groups is 1. The van der Waals surface area contributed by atoms with Crippen molar-refractivity contribution in [1.82, 2.24) is 9.38 Å². The molecule has 0 aliphatic carbocycles. The number of nitrogens with zero attached hydrogens (tertiary/aromatic N) is 2. The van der Waals surface area contributed by atoms with E-state index >= 15 is 0 Å². The average Bonchev–Trinajstić information content (AvgIpc) is 2.85. The van der Waals surface area contributed by atoms with Gasteiger partial charge in [-0.3, -0.25) is 0 Å². The van der Waals surface area contributed by atoms with Crippen molar-refractivity contribution in [3.63, 3.8) is 0 Å². The van der Waals surface area contributed by atoms with Crippen molar-refractivity contribution in [2.75, 3.05) is 0 Å². The van der Waals surface area contributed by atoms with Crippen LogP contribution in [0.4, 0.5) is 0 Å². The van der Waals surface area contributed by atoms with Gasteiger partial charge in [0.05, 0.1) is 17.5 Å². The van der Waals surface area contributed by atoms with Crippen LogP contribution in [-0.2, 0) is 0 Å². The first kappa shape index (κ1) is 14.3. The SMILES string of the molecule is CCC(O)c1c(-c2ccc(Br)cc2)nc2cc(C)ccn12. The Kier molecular flexibility index (Phi) is 3.83. The number of rotatable bonds is 3. The van der Waals surface area contributed by atoms with Crippen LogP contribution in [0.1, 0.15) is 30.7 Å². The zero-order valence-electron chi connectivity index (χ0n) is 12.0. The van der Waals surface area contributed by atoms with Gasteiger partial charge in [0.1, 0.15) is 5.65 Å². The van der Waals surface area contributed by atoms with Crippen molar-refractivity contribution in [2.45, 2.75) is 26.4 Å². The molecule has 1 aromatic carbocycles. The van der Waals surface area contributed by atoms with Crippen LogP contribution in [0.5, 0.6) is 0 Å². The fraction of sp³-hybridized carbons (Fsp3) is 0.235. The van der Waals surface area contributed by atoms with E-state index in [1.54, 1.807) is 0 Å². The van der Waals surface area contributed by atoms with Crippen molar-refractivity contribution in [3.05, 3.63) is 58.3 Å². The average molecular weight is 345 g/mol. The molecular weight excluding hydrogens is 328 g/mol. The molecule has 0 aliphatic rings. The number of hydrogen-bond donors (Lipinski definition) is 1. The zero-order valence-corrected chi connectivity index (χ0v) is 13.6. The summed E-state index contributed by atoms with van der Waals surface area (Å²) >= 11 is 3.45. The molecular formula is C17H17BrN2O. The molecule has 4 heteroatoms. The number of fused-ring (bicyclic) bond motifs is 1. The highest BCUT2D eigenvalue weighted by atomic mass is 79.9. The number of imidazole rings is 1. The van der Waals surface area contributed by atoms with Crippen molar-refractivity contribution in [2.24, 2.45) is 0 Å². The Hall–Kier alpha value is -1.65. The fourth-order valence-corrected chi connectivity index (χ4v) is 2.76. The molecule has 0 aliphatic heterocycles. The number of aryl methyl sites for hydroxylation is 1. The molecule has 0 fully saturated rings. The summed E-state index contributed by atoms with van der Waals surface area (Å²) in [6.07, 6.45) is 2.11. The van der Waals surface area contributed by atoms with Crippen molar-refractivity contribution < 1.29 is 5.11 Å². The Morgan fingerprint density at radius 2 is 1.95 bits per heavy atom. The van der Waals surface area contributed by atoms with Gasteiger partial charge in [0.25, 0.3) is 0 Å². The second-order valence-electron chi connectivity index (χ2n) is 5.21. The van der Waals surface area contributed by atoms with Gasteiger partial charge in [-0.15, -0.1) is 0 Å². The molecule has 0 bridgehead atoms. The standard InChI is InChI=1S/C17H17BrN2O/c1-3-14(21)17-16(12-4-6-13(18)7-5-12)19-15-10-11(2)8-9-20(15)17/h4-10,14,21H,3H2,1-2H3. The maximum Gasteiger partial charge on any atom is 0.138 e. The van der Waals surface area contributed by atoms with Gasteiger partial charge in [-0.05, 0) is 43.2 Å². The molecule has 1 atom stereocenters. The van der Waals surface area contributed by atoms with Crippen molar-refractivity contribution in [1.29, 1.82) is 0 Å². The lowest BCUT2D eigenvalue weighted by Crippen LogP contribution is -2.02. The minimum atomic E-state index is -0.527. The van der Waals surface area contributed by atoms with Crippen LogP contribution in [0.2, 0.25) is 0 Å². The van der Waals surface area contributed by atoms with Gasteiger partial charge < -0.3 is 9.51 Å². The fourth-order valence-electron chi connectivity index (χ4n) is 2.50. The number of aromatic nitrogens is 2. The molecule has 3 rings (SSSR count). The lowest BCUT2D eigenvalue weighted by molar-refractivity contribution is 0.168. The molecule has 0 saturated heterocycles. The molecule has 3 aromatic rings. The molecule has 0 radical (unpaired) electrons. The van der Waals surface area contributed by atoms with Crippen LogP contribution >= 0.6 is 15.9 Å². The molecule has 0 amide bonds. The molecule has 3 nitrogen and oxygen atoms in total. The van der Waals surface area contributed by atoms with E-state index in [0.717, 1.165) is 32.6 Å². The summed E-state index contributed by atoms with van der Waals surface area (Å²) in [4.78, 5) is 4.73. The van der Waals surface area contributed by atoms with E-state index in [0.29, 0.717) is 6.42 Å². The monoisotopic (exact) mass is 344 g/mol. The Bertz CT molecular complexity index is 777. The van der Waals surface area contributed by atoms with Gasteiger partial charge >= 0.3 is 0 Å². The molecule has 1 N–H and O–H groups in total. The van der Waals surface area contributed by atoms with Gasteiger partial charge in [-0.2, -0.15) is 0 Å². The van der Waals surface area contributed by atoms with Crippen LogP contribution in [0.25, 0.3) is 16.9 Å². The number of halogens is 1. The number of hydrogen-bond acceptors (Lipinski definition) is 2. The maximum atomic E-state index is 10.4. The number of aliphatic hydroxyl groups excluding tert-OH is 1. The minimum Gasteiger partial charge on any atom is -0.387 e. The van der Waals surface area contributed by atoms with E-state index in [1.165, 1.54) is 0 Å². The van der Waals surface area contributed by atoms with E-state index in [1.807, 2.05) is 60.8 Å². The number of pyridine rings is 1. The highest BCUT2D eigenvalue weighted by Gasteiger charge is 2.19. The third kappa shape index (κ3) is 2.61. The van der Waals surface area contributed by atoms with E-state index in [4.69, 9.17) is 4.98 Å². The third-order valence-corrected chi connectivity index (χ3v) is 4.17. The summed E-state index contributed by atoms with van der Waals surface area (Å²) in [5.74, 6) is 0. The second-order valence-corrected chi connectivity index (χ2v) is 6.12. The normalized spacial score (nSPS) is 12.8. The van der Waals surface area contributed by atoms with Crippen LogP contribution in [0.3, 0.4) is 0 Å². The lowest BCUT2D eigenvalue weighted by Gasteiger charge is -2.11. The Morgan fingerprint density at radius 3 is 2.62 bits per heavy atom. The zero-order chi connectivity index (χ0) is 15.0. The van der Waals surface area contributed by atoms with Crippen molar-refractivity contribution in [3.8, 4) is 11.3 Å². The van der Waals surface area contributed by atoms with Gasteiger partial charge in [-0.1, -0.05) is 35.0 Å². The Balaban J connectivity index is 2.27. The summed E-state index contributed by atoms with van der Waals surface area (Å²) in [6, 6.07) is 12.1. The van der Waals surface area contributed by atoms with E-state index < -0.39 is 6.10 Å². The second kappa shape index (κ2) is 5.62. The Morgan fingerprint density at radius 1 is 1.24 bits per heavy atom. The van der Waals surface area contributed by atoms with Gasteiger partial charge in [-0.25, -0.2) is 4.98 Å². The van der Waals surface area contributed by atoms with E-state index in [2.05, 4.69) is 15.9 Å². The maximum absolute atomic E-state index is 10.4. The predicted octanol–water partition coefficient (Wildman–Crippen LogP) is 4.52. The molecule has 0 spiro atoms. The third-order valence-electron chi connectivity index (χ3n) is 3.64. The Labute approximate surface area is 132 Å². The molecule has 2 aromatic heterocycles. The smallest absolute Gasteiger partial charge is 0.138 e. The minimum absolute atomic E-state index is 0.527. The lowest BCUT2D eigenvalue weighted by atomic mass is 10.1. The molecule has 2 heterocycles. The molecule has 0 saturated carbocycles. The highest BCUT2D eigenvalue weighted by Crippen LogP contribution is 2.31. The quantitative estimate of drug-likeness (QED) is 0.758. The first-order valence-corrected chi connectivity index (χ1v) is 7.82. The summed E-state index contributed by atoms with van der Waals surface area (Å²) in [7, 11) is 0. The summed E-state index contributed by atoms with van der Waals surface area (Å²) in [5.41, 5.74) is 4.75. The van der Waals surface area contributed by atoms with Crippen LogP contribution in [0.15, 0.2) is 47.1 Å². The number of benzene rings is 1. The van der Waals surface area contributed by atoms with Crippen LogP contribution in [-0.4, -0.2) is 14.5 Å². The summed E-state index contributed by atoms with van der Waals surface area (Å²) in [5, 5.41) is 10.4. The summed E-state index contributed by atoms with van der Waals surface area (Å²) in [6.45, 7) is 4.02. The topological polar surface area (TPSA) is 37.5 Å².